The molecule has 0 saturated carbocycles. The van der Waals surface area contributed by atoms with Gasteiger partial charge in [-0.05, 0) is 19.0 Å². The number of methoxy groups -OCH3 is 1. The van der Waals surface area contributed by atoms with E-state index in [2.05, 4.69) is 5.32 Å². The van der Waals surface area contributed by atoms with Crippen LogP contribution in [0.1, 0.15) is 18.4 Å². The number of carbonyl (C=O) groups is 1. The summed E-state index contributed by atoms with van der Waals surface area (Å²) >= 11 is 0. The second kappa shape index (κ2) is 6.85. The predicted octanol–water partition coefficient (Wildman–Crippen LogP) is 1.05. The first-order valence-corrected chi connectivity index (χ1v) is 5.35. The SMILES string of the molecule is COc1ccccc1CNCCCC(N)=O. The molecule has 1 rings (SSSR count). The molecule has 1 amide bonds. The average molecular weight is 222 g/mol. The van der Waals surface area contributed by atoms with Crippen molar-refractivity contribution in [3.8, 4) is 5.75 Å². The highest BCUT2D eigenvalue weighted by Crippen LogP contribution is 2.16. The van der Waals surface area contributed by atoms with E-state index in [-0.39, 0.29) is 5.91 Å². The zero-order chi connectivity index (χ0) is 11.8. The van der Waals surface area contributed by atoms with Crippen LogP contribution in [0.3, 0.4) is 0 Å². The number of amides is 1. The highest BCUT2D eigenvalue weighted by Gasteiger charge is 2.00. The Labute approximate surface area is 95.8 Å². The van der Waals surface area contributed by atoms with Crippen LogP contribution in [0, 0.1) is 0 Å². The molecule has 0 aliphatic rings. The number of hydrogen-bond acceptors (Lipinski definition) is 3. The Morgan fingerprint density at radius 2 is 2.19 bits per heavy atom. The smallest absolute Gasteiger partial charge is 0.217 e. The van der Waals surface area contributed by atoms with Gasteiger partial charge in [0, 0.05) is 18.5 Å². The summed E-state index contributed by atoms with van der Waals surface area (Å²) in [6.45, 7) is 1.52. The lowest BCUT2D eigenvalue weighted by atomic mass is 10.2. The van der Waals surface area contributed by atoms with E-state index in [1.807, 2.05) is 24.3 Å². The summed E-state index contributed by atoms with van der Waals surface area (Å²) in [6, 6.07) is 7.86. The monoisotopic (exact) mass is 222 g/mol. The van der Waals surface area contributed by atoms with Gasteiger partial charge in [-0.1, -0.05) is 18.2 Å². The Morgan fingerprint density at radius 3 is 2.88 bits per heavy atom. The lowest BCUT2D eigenvalue weighted by molar-refractivity contribution is -0.118. The number of primary amides is 1. The number of benzene rings is 1. The summed E-state index contributed by atoms with van der Waals surface area (Å²) in [6.07, 6.45) is 1.20. The van der Waals surface area contributed by atoms with Gasteiger partial charge in [-0.15, -0.1) is 0 Å². The first-order valence-electron chi connectivity index (χ1n) is 5.35. The molecular weight excluding hydrogens is 204 g/mol. The molecule has 0 heterocycles. The van der Waals surface area contributed by atoms with Crippen molar-refractivity contribution >= 4 is 5.91 Å². The fourth-order valence-corrected chi connectivity index (χ4v) is 1.46. The normalized spacial score (nSPS) is 10.1. The summed E-state index contributed by atoms with van der Waals surface area (Å²) in [5.74, 6) is 0.629. The topological polar surface area (TPSA) is 64.3 Å². The van der Waals surface area contributed by atoms with Crippen LogP contribution in [0.2, 0.25) is 0 Å². The molecule has 0 spiro atoms. The van der Waals surface area contributed by atoms with Gasteiger partial charge in [0.25, 0.3) is 0 Å². The van der Waals surface area contributed by atoms with Crippen molar-refractivity contribution in [2.75, 3.05) is 13.7 Å². The van der Waals surface area contributed by atoms with Crippen LogP contribution in [0.25, 0.3) is 0 Å². The molecule has 0 unspecified atom stereocenters. The summed E-state index contributed by atoms with van der Waals surface area (Å²) < 4.78 is 5.23. The number of carbonyl (C=O) groups excluding carboxylic acids is 1. The number of nitrogens with two attached hydrogens (primary N) is 1. The van der Waals surface area contributed by atoms with Crippen molar-refractivity contribution in [2.45, 2.75) is 19.4 Å². The number of nitrogens with one attached hydrogen (secondary N) is 1. The molecule has 0 aliphatic carbocycles. The van der Waals surface area contributed by atoms with Crippen molar-refractivity contribution in [1.82, 2.24) is 5.32 Å². The molecule has 16 heavy (non-hydrogen) atoms. The molecule has 0 bridgehead atoms. The minimum absolute atomic E-state index is 0.251. The van der Waals surface area contributed by atoms with Gasteiger partial charge in [-0.3, -0.25) is 4.79 Å². The standard InChI is InChI=1S/C12H18N2O2/c1-16-11-6-3-2-5-10(11)9-14-8-4-7-12(13)15/h2-3,5-6,14H,4,7-9H2,1H3,(H2,13,15). The first kappa shape index (κ1) is 12.5. The van der Waals surface area contributed by atoms with Crippen molar-refractivity contribution < 1.29 is 9.53 Å². The number of hydrogen-bond donors (Lipinski definition) is 2. The van der Waals surface area contributed by atoms with Crippen molar-refractivity contribution in [2.24, 2.45) is 5.73 Å². The van der Waals surface area contributed by atoms with E-state index in [1.165, 1.54) is 0 Å². The van der Waals surface area contributed by atoms with Gasteiger partial charge >= 0.3 is 0 Å². The van der Waals surface area contributed by atoms with Crippen LogP contribution >= 0.6 is 0 Å². The molecule has 0 radical (unpaired) electrons. The number of ether oxygens (including phenoxy) is 1. The van der Waals surface area contributed by atoms with E-state index in [4.69, 9.17) is 10.5 Å². The molecule has 1 aromatic carbocycles. The molecule has 3 N–H and O–H groups in total. The van der Waals surface area contributed by atoms with E-state index >= 15 is 0 Å². The van der Waals surface area contributed by atoms with Crippen LogP contribution in [-0.2, 0) is 11.3 Å². The second-order valence-electron chi connectivity index (χ2n) is 3.56. The second-order valence-corrected chi connectivity index (χ2v) is 3.56. The molecule has 88 valence electrons. The van der Waals surface area contributed by atoms with Gasteiger partial charge < -0.3 is 15.8 Å². The van der Waals surface area contributed by atoms with Gasteiger partial charge in [0.1, 0.15) is 5.75 Å². The number of rotatable bonds is 7. The van der Waals surface area contributed by atoms with Gasteiger partial charge in [0.15, 0.2) is 0 Å². The molecule has 0 fully saturated rings. The zero-order valence-corrected chi connectivity index (χ0v) is 9.53. The lowest BCUT2D eigenvalue weighted by Gasteiger charge is -2.08. The third-order valence-electron chi connectivity index (χ3n) is 2.28. The van der Waals surface area contributed by atoms with Gasteiger partial charge in [-0.2, -0.15) is 0 Å². The summed E-state index contributed by atoms with van der Waals surface area (Å²) in [7, 11) is 1.66. The summed E-state index contributed by atoms with van der Waals surface area (Å²) in [4.78, 5) is 10.5. The van der Waals surface area contributed by atoms with Crippen molar-refractivity contribution in [3.63, 3.8) is 0 Å². The van der Waals surface area contributed by atoms with Crippen molar-refractivity contribution in [1.29, 1.82) is 0 Å². The summed E-state index contributed by atoms with van der Waals surface area (Å²) in [5, 5.41) is 3.24. The Morgan fingerprint density at radius 1 is 1.44 bits per heavy atom. The van der Waals surface area contributed by atoms with Crippen LogP contribution in [0.4, 0.5) is 0 Å². The third-order valence-corrected chi connectivity index (χ3v) is 2.28. The Balaban J connectivity index is 2.28. The minimum atomic E-state index is -0.251. The minimum Gasteiger partial charge on any atom is -0.496 e. The van der Waals surface area contributed by atoms with Gasteiger partial charge in [-0.25, -0.2) is 0 Å². The van der Waals surface area contributed by atoms with Crippen LogP contribution in [-0.4, -0.2) is 19.6 Å². The molecule has 1 aromatic rings. The van der Waals surface area contributed by atoms with E-state index in [0.717, 1.165) is 30.8 Å². The molecular formula is C12H18N2O2. The highest BCUT2D eigenvalue weighted by molar-refractivity contribution is 5.73. The van der Waals surface area contributed by atoms with E-state index in [9.17, 15) is 4.79 Å². The Kier molecular flexibility index (Phi) is 5.36. The lowest BCUT2D eigenvalue weighted by Crippen LogP contribution is -2.18. The maximum absolute atomic E-state index is 10.5. The molecule has 0 aromatic heterocycles. The maximum Gasteiger partial charge on any atom is 0.217 e. The molecule has 0 atom stereocenters. The molecule has 4 heteroatoms. The van der Waals surface area contributed by atoms with Crippen molar-refractivity contribution in [3.05, 3.63) is 29.8 Å². The molecule has 0 aliphatic heterocycles. The Hall–Kier alpha value is -1.55. The van der Waals surface area contributed by atoms with Crippen LogP contribution in [0.15, 0.2) is 24.3 Å². The third kappa shape index (κ3) is 4.31. The highest BCUT2D eigenvalue weighted by atomic mass is 16.5. The number of para-hydroxylation sites is 1. The van der Waals surface area contributed by atoms with Gasteiger partial charge in [0.05, 0.1) is 7.11 Å². The van der Waals surface area contributed by atoms with E-state index in [0.29, 0.717) is 6.42 Å². The van der Waals surface area contributed by atoms with Gasteiger partial charge in [0.2, 0.25) is 5.91 Å². The predicted molar refractivity (Wildman–Crippen MR) is 63.1 cm³/mol. The maximum atomic E-state index is 10.5. The zero-order valence-electron chi connectivity index (χ0n) is 9.53. The molecule has 0 saturated heterocycles. The Bertz CT molecular complexity index is 340. The van der Waals surface area contributed by atoms with Crippen LogP contribution in [0.5, 0.6) is 5.75 Å². The van der Waals surface area contributed by atoms with E-state index < -0.39 is 0 Å². The first-order chi connectivity index (χ1) is 7.74. The fraction of sp³-hybridized carbons (Fsp3) is 0.417. The quantitative estimate of drug-likeness (QED) is 0.678. The fourth-order valence-electron chi connectivity index (χ4n) is 1.46. The summed E-state index contributed by atoms with van der Waals surface area (Å²) in [5.41, 5.74) is 6.16. The van der Waals surface area contributed by atoms with E-state index in [1.54, 1.807) is 7.11 Å². The van der Waals surface area contributed by atoms with Crippen LogP contribution < -0.4 is 15.8 Å². The average Bonchev–Trinajstić information content (AvgIpc) is 2.29. The molecule has 4 nitrogen and oxygen atoms in total. The largest absolute Gasteiger partial charge is 0.496 e.